The molecule has 4 rings (SSSR count). The number of benzene rings is 1. The van der Waals surface area contributed by atoms with E-state index in [0.717, 1.165) is 29.9 Å². The van der Waals surface area contributed by atoms with Gasteiger partial charge in [-0.2, -0.15) is 0 Å². The molecule has 1 N–H and O–H groups in total. The van der Waals surface area contributed by atoms with Gasteiger partial charge in [0.15, 0.2) is 0 Å². The third-order valence-corrected chi connectivity index (χ3v) is 5.88. The van der Waals surface area contributed by atoms with Crippen LogP contribution >= 0.6 is 0 Å². The van der Waals surface area contributed by atoms with E-state index < -0.39 is 0 Å². The number of nitrogens with one attached hydrogen (secondary N) is 1. The molecule has 5 heteroatoms. The molecule has 136 valence electrons. The van der Waals surface area contributed by atoms with Gasteiger partial charge in [-0.25, -0.2) is 9.97 Å². The van der Waals surface area contributed by atoms with Crippen molar-refractivity contribution in [3.05, 3.63) is 54.5 Å². The number of H-pyrrole nitrogens is 1. The van der Waals surface area contributed by atoms with Crippen LogP contribution in [0.1, 0.15) is 32.4 Å². The summed E-state index contributed by atoms with van der Waals surface area (Å²) in [5.74, 6) is 1.00. The fraction of sp³-hybridized carbons (Fsp3) is 0.429. The van der Waals surface area contributed by atoms with Gasteiger partial charge < -0.3 is 9.88 Å². The Morgan fingerprint density at radius 1 is 1.19 bits per heavy atom. The summed E-state index contributed by atoms with van der Waals surface area (Å²) in [6.07, 6.45) is 3.58. The maximum atomic E-state index is 4.59. The maximum Gasteiger partial charge on any atom is 0.142 e. The minimum atomic E-state index is 0.172. The molecule has 0 aliphatic carbocycles. The first kappa shape index (κ1) is 17.0. The molecule has 0 bridgehead atoms. The van der Waals surface area contributed by atoms with Crippen molar-refractivity contribution < 1.29 is 0 Å². The molecule has 1 unspecified atom stereocenters. The molecule has 5 nitrogen and oxygen atoms in total. The van der Waals surface area contributed by atoms with Gasteiger partial charge in [0.05, 0.1) is 5.39 Å². The first-order valence-electron chi connectivity index (χ1n) is 9.27. The molecule has 2 aromatic heterocycles. The normalized spacial score (nSPS) is 21.2. The fourth-order valence-electron chi connectivity index (χ4n) is 4.33. The minimum absolute atomic E-state index is 0.172. The van der Waals surface area contributed by atoms with Crippen molar-refractivity contribution >= 4 is 16.9 Å². The van der Waals surface area contributed by atoms with E-state index in [1.54, 1.807) is 6.33 Å². The molecular formula is C21H27N5. The number of hydrogen-bond acceptors (Lipinski definition) is 4. The van der Waals surface area contributed by atoms with E-state index in [9.17, 15) is 0 Å². The van der Waals surface area contributed by atoms with Crippen LogP contribution in [-0.2, 0) is 0 Å². The lowest BCUT2D eigenvalue weighted by atomic mass is 9.87. The number of hydrogen-bond donors (Lipinski definition) is 1. The van der Waals surface area contributed by atoms with E-state index in [0.29, 0.717) is 12.1 Å². The summed E-state index contributed by atoms with van der Waals surface area (Å²) in [4.78, 5) is 17.0. The van der Waals surface area contributed by atoms with E-state index in [-0.39, 0.29) is 5.41 Å². The number of rotatable bonds is 4. The molecule has 0 saturated carbocycles. The smallest absolute Gasteiger partial charge is 0.142 e. The Labute approximate surface area is 155 Å². The number of aromatic amines is 1. The van der Waals surface area contributed by atoms with Crippen LogP contribution in [0.15, 0.2) is 48.9 Å². The van der Waals surface area contributed by atoms with Crippen molar-refractivity contribution in [2.24, 2.45) is 5.41 Å². The summed E-state index contributed by atoms with van der Waals surface area (Å²) in [5.41, 5.74) is 2.44. The van der Waals surface area contributed by atoms with Crippen molar-refractivity contribution in [1.82, 2.24) is 19.9 Å². The van der Waals surface area contributed by atoms with Crippen molar-refractivity contribution in [1.29, 1.82) is 0 Å². The Bertz CT molecular complexity index is 886. The second kappa shape index (κ2) is 6.40. The van der Waals surface area contributed by atoms with Crippen molar-refractivity contribution in [3.63, 3.8) is 0 Å². The molecular weight excluding hydrogens is 322 g/mol. The van der Waals surface area contributed by atoms with Gasteiger partial charge in [-0.05, 0) is 24.0 Å². The average Bonchev–Trinajstić information content (AvgIpc) is 3.24. The molecule has 0 radical (unpaired) electrons. The molecule has 3 aromatic rings. The largest absolute Gasteiger partial charge is 0.354 e. The van der Waals surface area contributed by atoms with Gasteiger partial charge in [-0.15, -0.1) is 0 Å². The summed E-state index contributed by atoms with van der Waals surface area (Å²) < 4.78 is 0. The number of aromatic nitrogens is 3. The van der Waals surface area contributed by atoms with E-state index in [2.05, 4.69) is 89.0 Å². The van der Waals surface area contributed by atoms with E-state index >= 15 is 0 Å². The first-order chi connectivity index (χ1) is 12.5. The quantitative estimate of drug-likeness (QED) is 0.777. The molecule has 2 atom stereocenters. The Balaban J connectivity index is 1.61. The molecule has 1 fully saturated rings. The highest BCUT2D eigenvalue weighted by Crippen LogP contribution is 2.39. The summed E-state index contributed by atoms with van der Waals surface area (Å²) in [6.45, 7) is 9.13. The molecule has 1 saturated heterocycles. The van der Waals surface area contributed by atoms with E-state index in [1.807, 2.05) is 6.20 Å². The summed E-state index contributed by atoms with van der Waals surface area (Å²) in [7, 11) is 2.16. The van der Waals surface area contributed by atoms with Gasteiger partial charge in [0.2, 0.25) is 0 Å². The SMILES string of the molecule is CC(c1ccccc1)N1C[C@@H](N(C)c2ncnc3[nH]ccc23)C(C)(C)C1. The highest BCUT2D eigenvalue weighted by molar-refractivity contribution is 5.87. The highest BCUT2D eigenvalue weighted by Gasteiger charge is 2.43. The summed E-state index contributed by atoms with van der Waals surface area (Å²) in [6, 6.07) is 13.6. The number of fused-ring (bicyclic) bond motifs is 1. The van der Waals surface area contributed by atoms with Gasteiger partial charge in [0.1, 0.15) is 17.8 Å². The molecule has 1 aliphatic heterocycles. The van der Waals surface area contributed by atoms with Gasteiger partial charge in [0, 0.05) is 38.4 Å². The van der Waals surface area contributed by atoms with Crippen LogP contribution in [0.3, 0.4) is 0 Å². The molecule has 0 spiro atoms. The number of likely N-dealkylation sites (tertiary alicyclic amines) is 1. The lowest BCUT2D eigenvalue weighted by Crippen LogP contribution is -2.43. The molecule has 26 heavy (non-hydrogen) atoms. The highest BCUT2D eigenvalue weighted by atomic mass is 15.3. The van der Waals surface area contributed by atoms with Crippen LogP contribution in [0.5, 0.6) is 0 Å². The summed E-state index contributed by atoms with van der Waals surface area (Å²) in [5, 5.41) is 1.08. The number of nitrogens with zero attached hydrogens (tertiary/aromatic N) is 4. The van der Waals surface area contributed by atoms with Crippen LogP contribution in [-0.4, -0.2) is 46.0 Å². The van der Waals surface area contributed by atoms with Gasteiger partial charge in [-0.3, -0.25) is 4.90 Å². The molecule has 1 aromatic carbocycles. The zero-order valence-electron chi connectivity index (χ0n) is 16.0. The average molecular weight is 349 g/mol. The lowest BCUT2D eigenvalue weighted by molar-refractivity contribution is 0.232. The van der Waals surface area contributed by atoms with Crippen LogP contribution < -0.4 is 4.90 Å². The standard InChI is InChI=1S/C21H27N5/c1-15(16-8-6-5-7-9-16)26-12-18(21(2,3)13-26)25(4)20-17-10-11-22-19(17)23-14-24-20/h5-11,14-15,18H,12-13H2,1-4H3,(H,22,23,24)/t15?,18-/m1/s1. The van der Waals surface area contributed by atoms with Crippen LogP contribution in [0, 0.1) is 5.41 Å². The number of anilines is 1. The van der Waals surface area contributed by atoms with Crippen LogP contribution in [0.25, 0.3) is 11.0 Å². The van der Waals surface area contributed by atoms with Crippen LogP contribution in [0.4, 0.5) is 5.82 Å². The second-order valence-electron chi connectivity index (χ2n) is 8.07. The number of likely N-dealkylation sites (N-methyl/N-ethyl adjacent to an activating group) is 1. The maximum absolute atomic E-state index is 4.59. The van der Waals surface area contributed by atoms with E-state index in [4.69, 9.17) is 0 Å². The summed E-state index contributed by atoms with van der Waals surface area (Å²) >= 11 is 0. The Morgan fingerprint density at radius 2 is 1.96 bits per heavy atom. The molecule has 3 heterocycles. The lowest BCUT2D eigenvalue weighted by Gasteiger charge is -2.34. The molecule has 1 aliphatic rings. The second-order valence-corrected chi connectivity index (χ2v) is 8.07. The topological polar surface area (TPSA) is 48.1 Å². The first-order valence-corrected chi connectivity index (χ1v) is 9.27. The zero-order chi connectivity index (χ0) is 18.3. The van der Waals surface area contributed by atoms with E-state index in [1.165, 1.54) is 5.56 Å². The van der Waals surface area contributed by atoms with Crippen molar-refractivity contribution in [2.45, 2.75) is 32.9 Å². The predicted octanol–water partition coefficient (Wildman–Crippen LogP) is 3.87. The molecule has 0 amide bonds. The van der Waals surface area contributed by atoms with Crippen molar-refractivity contribution in [3.8, 4) is 0 Å². The fourth-order valence-corrected chi connectivity index (χ4v) is 4.33. The van der Waals surface area contributed by atoms with Gasteiger partial charge >= 0.3 is 0 Å². The minimum Gasteiger partial charge on any atom is -0.354 e. The van der Waals surface area contributed by atoms with Crippen molar-refractivity contribution in [2.75, 3.05) is 25.0 Å². The van der Waals surface area contributed by atoms with Crippen LogP contribution in [0.2, 0.25) is 0 Å². The zero-order valence-corrected chi connectivity index (χ0v) is 16.0. The predicted molar refractivity (Wildman–Crippen MR) is 106 cm³/mol. The monoisotopic (exact) mass is 349 g/mol. The van der Waals surface area contributed by atoms with Gasteiger partial charge in [0.25, 0.3) is 0 Å². The Morgan fingerprint density at radius 3 is 2.73 bits per heavy atom. The Kier molecular flexibility index (Phi) is 4.19. The third-order valence-electron chi connectivity index (χ3n) is 5.88. The Hall–Kier alpha value is -2.40. The third kappa shape index (κ3) is 2.86. The van der Waals surface area contributed by atoms with Gasteiger partial charge in [-0.1, -0.05) is 44.2 Å².